The standard InChI is InChI=1S/C16H8F4INO4/c17-15(18)26-8-4-6(14(22)24)3-7(5-8)25-10-2-1-9-11(12(10)21)13(23)16(9,19)20/h3-5,13,15,23H,(H2,22,24). The van der Waals surface area contributed by atoms with E-state index in [1.165, 1.54) is 0 Å². The van der Waals surface area contributed by atoms with Crippen molar-refractivity contribution in [3.8, 4) is 11.5 Å². The number of primary amides is 1. The Hall–Kier alpha value is -2.26. The maximum Gasteiger partial charge on any atom is 0.387 e. The van der Waals surface area contributed by atoms with Gasteiger partial charge in [-0.3, -0.25) is 4.79 Å². The molecule has 0 aliphatic heterocycles. The fourth-order valence-corrected chi connectivity index (χ4v) is 3.18. The van der Waals surface area contributed by atoms with Crippen molar-refractivity contribution in [2.24, 2.45) is 5.73 Å². The van der Waals surface area contributed by atoms with Gasteiger partial charge >= 0.3 is 12.5 Å². The van der Waals surface area contributed by atoms with E-state index in [4.69, 9.17) is 10.5 Å². The fraction of sp³-hybridized carbons (Fsp3) is 0.188. The van der Waals surface area contributed by atoms with Crippen molar-refractivity contribution in [1.82, 2.24) is 0 Å². The van der Waals surface area contributed by atoms with Crippen molar-refractivity contribution in [2.75, 3.05) is 0 Å². The number of aliphatic hydroxyl groups excluding tert-OH is 1. The van der Waals surface area contributed by atoms with Gasteiger partial charge in [0, 0.05) is 17.2 Å². The smallest absolute Gasteiger partial charge is 0.387 e. The van der Waals surface area contributed by atoms with Gasteiger partial charge in [0.15, 0.2) is 5.76 Å². The topological polar surface area (TPSA) is 81.8 Å². The first-order chi connectivity index (χ1) is 12.1. The van der Waals surface area contributed by atoms with Gasteiger partial charge in [0.1, 0.15) is 17.6 Å². The third-order valence-corrected chi connectivity index (χ3v) is 4.64. The second-order valence-electron chi connectivity index (χ2n) is 5.25. The van der Waals surface area contributed by atoms with Gasteiger partial charge in [-0.2, -0.15) is 17.6 Å². The van der Waals surface area contributed by atoms with Gasteiger partial charge in [0.05, 0.1) is 9.15 Å². The Labute approximate surface area is 157 Å². The quantitative estimate of drug-likeness (QED) is 0.385. The number of halogens is 5. The van der Waals surface area contributed by atoms with E-state index < -0.39 is 30.1 Å². The molecule has 1 unspecified atom stereocenters. The molecule has 3 N–H and O–H groups in total. The number of hydrogen-bond donors (Lipinski definition) is 2. The van der Waals surface area contributed by atoms with Crippen molar-refractivity contribution in [3.63, 3.8) is 0 Å². The lowest BCUT2D eigenvalue weighted by Crippen LogP contribution is -2.49. The first-order valence-electron chi connectivity index (χ1n) is 6.91. The van der Waals surface area contributed by atoms with Crippen molar-refractivity contribution in [1.29, 1.82) is 0 Å². The highest BCUT2D eigenvalue weighted by molar-refractivity contribution is 14.1. The van der Waals surface area contributed by atoms with Crippen LogP contribution in [0.5, 0.6) is 11.5 Å². The molecular weight excluding hydrogens is 473 g/mol. The summed E-state index contributed by atoms with van der Waals surface area (Å²) in [6, 6.07) is 3.23. The van der Waals surface area contributed by atoms with Crippen molar-refractivity contribution >= 4 is 28.5 Å². The van der Waals surface area contributed by atoms with E-state index in [-0.39, 0.29) is 32.0 Å². The highest BCUT2D eigenvalue weighted by Gasteiger charge is 2.59. The highest BCUT2D eigenvalue weighted by atomic mass is 127. The Morgan fingerprint density at radius 2 is 1.92 bits per heavy atom. The molecule has 10 heteroatoms. The van der Waals surface area contributed by atoms with Crippen LogP contribution in [0, 0.1) is 0 Å². The zero-order chi connectivity index (χ0) is 19.2. The second kappa shape index (κ2) is 6.48. The predicted molar refractivity (Wildman–Crippen MR) is 88.3 cm³/mol. The van der Waals surface area contributed by atoms with Gasteiger partial charge < -0.3 is 20.3 Å². The second-order valence-corrected chi connectivity index (χ2v) is 6.32. The van der Waals surface area contributed by atoms with Crippen LogP contribution in [-0.2, 0) is 0 Å². The van der Waals surface area contributed by atoms with Gasteiger partial charge in [-0.1, -0.05) is 5.73 Å². The summed E-state index contributed by atoms with van der Waals surface area (Å²) >= 11 is 1.68. The number of nitrogens with two attached hydrogens (primary N) is 1. The van der Waals surface area contributed by atoms with Crippen LogP contribution in [0.25, 0.3) is 0 Å². The van der Waals surface area contributed by atoms with Crippen LogP contribution in [0.3, 0.4) is 0 Å². The molecule has 136 valence electrons. The van der Waals surface area contributed by atoms with Gasteiger partial charge in [-0.05, 0) is 40.5 Å². The Morgan fingerprint density at radius 3 is 2.54 bits per heavy atom. The average molecular weight is 481 g/mol. The molecule has 1 aromatic rings. The number of hydrogen-bond acceptors (Lipinski definition) is 4. The normalized spacial score (nSPS) is 20.2. The number of amides is 1. The number of carbonyl (C=O) groups excluding carboxylic acids is 1. The first-order valence-corrected chi connectivity index (χ1v) is 7.99. The Morgan fingerprint density at radius 1 is 1.27 bits per heavy atom. The molecule has 2 aliphatic carbocycles. The van der Waals surface area contributed by atoms with Crippen LogP contribution >= 0.6 is 22.6 Å². The van der Waals surface area contributed by atoms with Gasteiger partial charge in [0.25, 0.3) is 0 Å². The van der Waals surface area contributed by atoms with E-state index in [0.717, 1.165) is 18.2 Å². The molecule has 1 saturated carbocycles. The molecule has 1 aromatic carbocycles. The molecule has 3 rings (SSSR count). The lowest BCUT2D eigenvalue weighted by atomic mass is 9.77. The van der Waals surface area contributed by atoms with Crippen LogP contribution in [0.1, 0.15) is 10.4 Å². The predicted octanol–water partition coefficient (Wildman–Crippen LogP) is 3.04. The summed E-state index contributed by atoms with van der Waals surface area (Å²) in [5, 5.41) is 9.55. The molecule has 26 heavy (non-hydrogen) atoms. The third kappa shape index (κ3) is 3.12. The van der Waals surface area contributed by atoms with Crippen molar-refractivity contribution in [3.05, 3.63) is 55.7 Å². The van der Waals surface area contributed by atoms with E-state index in [1.807, 2.05) is 0 Å². The van der Waals surface area contributed by atoms with E-state index >= 15 is 0 Å². The highest BCUT2D eigenvalue weighted by Crippen LogP contribution is 2.51. The number of rotatable bonds is 5. The molecule has 1 fully saturated rings. The minimum Gasteiger partial charge on any atom is -0.447 e. The number of ether oxygens (including phenoxy) is 2. The first kappa shape index (κ1) is 18.5. The molecule has 0 heterocycles. The van der Waals surface area contributed by atoms with Crippen molar-refractivity contribution < 1.29 is 36.9 Å². The van der Waals surface area contributed by atoms with Gasteiger partial charge in [-0.15, -0.1) is 0 Å². The van der Waals surface area contributed by atoms with E-state index in [1.54, 1.807) is 22.6 Å². The molecule has 0 spiro atoms. The van der Waals surface area contributed by atoms with E-state index in [9.17, 15) is 27.5 Å². The lowest BCUT2D eigenvalue weighted by molar-refractivity contribution is -0.0915. The fourth-order valence-electron chi connectivity index (χ4n) is 2.37. The largest absolute Gasteiger partial charge is 0.447 e. The zero-order valence-electron chi connectivity index (χ0n) is 12.5. The molecule has 1 atom stereocenters. The lowest BCUT2D eigenvalue weighted by Gasteiger charge is -2.38. The Balaban J connectivity index is 1.99. The van der Waals surface area contributed by atoms with Crippen LogP contribution in [-0.4, -0.2) is 29.7 Å². The summed E-state index contributed by atoms with van der Waals surface area (Å²) in [5.74, 6) is -4.90. The van der Waals surface area contributed by atoms with Crippen LogP contribution in [0.15, 0.2) is 50.1 Å². The van der Waals surface area contributed by atoms with E-state index in [0.29, 0.717) is 0 Å². The maximum atomic E-state index is 13.5. The molecule has 5 nitrogen and oxygen atoms in total. The zero-order valence-corrected chi connectivity index (χ0v) is 14.7. The van der Waals surface area contributed by atoms with Crippen molar-refractivity contribution in [2.45, 2.75) is 18.6 Å². The number of alkyl halides is 4. The number of allylic oxidation sites excluding steroid dienone is 1. The van der Waals surface area contributed by atoms with Gasteiger partial charge in [-0.25, -0.2) is 0 Å². The monoisotopic (exact) mass is 481 g/mol. The third-order valence-electron chi connectivity index (χ3n) is 3.57. The Kier molecular flexibility index (Phi) is 4.61. The molecular formula is C16H8F4INO4. The summed E-state index contributed by atoms with van der Waals surface area (Å²) in [4.78, 5) is 11.3. The summed E-state index contributed by atoms with van der Waals surface area (Å²) in [7, 11) is 0. The molecule has 0 bridgehead atoms. The summed E-state index contributed by atoms with van der Waals surface area (Å²) in [6.45, 7) is -3.14. The summed E-state index contributed by atoms with van der Waals surface area (Å²) in [6.07, 6.45) is -2.01. The minimum atomic E-state index is -3.42. The number of benzene rings is 1. The van der Waals surface area contributed by atoms with Crippen LogP contribution in [0.4, 0.5) is 17.6 Å². The Bertz CT molecular complexity index is 944. The number of aliphatic hydroxyl groups is 1. The van der Waals surface area contributed by atoms with Crippen LogP contribution < -0.4 is 15.2 Å². The minimum absolute atomic E-state index is 0.0561. The maximum absolute atomic E-state index is 13.5. The van der Waals surface area contributed by atoms with E-state index in [2.05, 4.69) is 16.2 Å². The number of fused-ring (bicyclic) bond motifs is 1. The average Bonchev–Trinajstić information content (AvgIpc) is 2.55. The summed E-state index contributed by atoms with van der Waals surface area (Å²) < 4.78 is 61.6. The SMILES string of the molecule is NC(=O)c1cc(OC2=C=C=C3C(=C2I)C(O)C3(F)F)cc(OC(F)F)c1. The number of carbonyl (C=O) groups is 1. The molecule has 0 saturated heterocycles. The molecule has 2 aliphatic rings. The molecule has 1 amide bonds. The molecule has 0 radical (unpaired) electrons. The van der Waals surface area contributed by atoms with Crippen LogP contribution in [0.2, 0.25) is 0 Å². The molecule has 0 aromatic heterocycles. The summed E-state index contributed by atoms with van der Waals surface area (Å²) in [5.41, 5.74) is 9.02. The van der Waals surface area contributed by atoms with Gasteiger partial charge in [0.2, 0.25) is 5.91 Å².